The Bertz CT molecular complexity index is 841. The van der Waals surface area contributed by atoms with Crippen LogP contribution in [-0.4, -0.2) is 6.61 Å². The second-order valence-electron chi connectivity index (χ2n) is 9.00. The third-order valence-corrected chi connectivity index (χ3v) is 5.58. The smallest absolute Gasteiger partial charge is 0.119 e. The molecule has 0 radical (unpaired) electrons. The molecule has 0 heterocycles. The van der Waals surface area contributed by atoms with E-state index < -0.39 is 0 Å². The molecule has 1 heteroatoms. The zero-order valence-corrected chi connectivity index (χ0v) is 23.4. The molecule has 0 aliphatic rings. The summed E-state index contributed by atoms with van der Waals surface area (Å²) in [6.07, 6.45) is 18.5. The maximum absolute atomic E-state index is 5.95. The average molecular weight is 463 g/mol. The van der Waals surface area contributed by atoms with E-state index in [4.69, 9.17) is 4.74 Å². The molecule has 1 unspecified atom stereocenters. The van der Waals surface area contributed by atoms with Gasteiger partial charge in [-0.3, -0.25) is 0 Å². The Labute approximate surface area is 211 Å². The SMILES string of the molecule is C=CCCc1ccc(OC/C(C)=C/C=C(CC)/C(C)=C/C=C(\C)C(C)/C=C\C(C)C)cc1.CC. The number of allylic oxidation sites excluding steroid dienone is 10. The summed E-state index contributed by atoms with van der Waals surface area (Å²) >= 11 is 0. The van der Waals surface area contributed by atoms with Crippen molar-refractivity contribution in [2.45, 2.75) is 81.6 Å². The normalized spacial score (nSPS) is 14.2. The topological polar surface area (TPSA) is 9.23 Å². The standard InChI is InChI=1S/C31H44O.C2H6/c1-9-11-12-29-18-21-31(22-19-29)32-23-25(5)14-20-30(10-2)28(8)17-16-27(7)26(6)15-13-24(3)4;1-2/h9,13-22,24,26H,1,10-12,23H2,2-8H3;1-2H3/b15-13-,25-14+,27-16+,28-17+,30-20+;. The lowest BCUT2D eigenvalue weighted by Gasteiger charge is -2.09. The molecule has 1 aromatic carbocycles. The Balaban J connectivity index is 0.00000529. The predicted molar refractivity (Wildman–Crippen MR) is 155 cm³/mol. The average Bonchev–Trinajstić information content (AvgIpc) is 2.85. The van der Waals surface area contributed by atoms with E-state index in [0.717, 1.165) is 25.0 Å². The Morgan fingerprint density at radius 1 is 0.912 bits per heavy atom. The summed E-state index contributed by atoms with van der Waals surface area (Å²) in [5, 5.41) is 0. The van der Waals surface area contributed by atoms with Gasteiger partial charge in [0.25, 0.3) is 0 Å². The van der Waals surface area contributed by atoms with E-state index in [2.05, 4.69) is 116 Å². The van der Waals surface area contributed by atoms with Gasteiger partial charge in [0.15, 0.2) is 0 Å². The van der Waals surface area contributed by atoms with Gasteiger partial charge >= 0.3 is 0 Å². The quantitative estimate of drug-likeness (QED) is 0.209. The highest BCUT2D eigenvalue weighted by Crippen LogP contribution is 2.18. The van der Waals surface area contributed by atoms with Crippen molar-refractivity contribution < 1.29 is 4.74 Å². The van der Waals surface area contributed by atoms with Crippen molar-refractivity contribution in [2.24, 2.45) is 11.8 Å². The van der Waals surface area contributed by atoms with Crippen molar-refractivity contribution in [1.82, 2.24) is 0 Å². The van der Waals surface area contributed by atoms with Crippen LogP contribution < -0.4 is 4.74 Å². The molecule has 1 aromatic rings. The van der Waals surface area contributed by atoms with Crippen LogP contribution in [-0.2, 0) is 6.42 Å². The predicted octanol–water partition coefficient (Wildman–Crippen LogP) is 10.2. The van der Waals surface area contributed by atoms with E-state index in [1.54, 1.807) is 0 Å². The number of benzene rings is 1. The van der Waals surface area contributed by atoms with Gasteiger partial charge in [-0.05, 0) is 86.3 Å². The highest BCUT2D eigenvalue weighted by Gasteiger charge is 2.01. The van der Waals surface area contributed by atoms with E-state index in [-0.39, 0.29) is 0 Å². The van der Waals surface area contributed by atoms with Gasteiger partial charge in [-0.25, -0.2) is 0 Å². The third-order valence-electron chi connectivity index (χ3n) is 5.58. The number of hydrogen-bond donors (Lipinski definition) is 0. The van der Waals surface area contributed by atoms with E-state index in [0.29, 0.717) is 18.4 Å². The molecular weight excluding hydrogens is 412 g/mol. The molecule has 0 aromatic heterocycles. The second-order valence-corrected chi connectivity index (χ2v) is 9.00. The van der Waals surface area contributed by atoms with Crippen LogP contribution in [0.25, 0.3) is 0 Å². The number of ether oxygens (including phenoxy) is 1. The molecular formula is C33H50O. The lowest BCUT2D eigenvalue weighted by molar-refractivity contribution is 0.352. The summed E-state index contributed by atoms with van der Waals surface area (Å²) in [7, 11) is 0. The van der Waals surface area contributed by atoms with Gasteiger partial charge < -0.3 is 4.74 Å². The molecule has 0 spiro atoms. The molecule has 34 heavy (non-hydrogen) atoms. The van der Waals surface area contributed by atoms with Crippen LogP contribution in [0.1, 0.15) is 80.7 Å². The molecule has 0 bridgehead atoms. The van der Waals surface area contributed by atoms with E-state index in [9.17, 15) is 0 Å². The zero-order valence-electron chi connectivity index (χ0n) is 23.4. The van der Waals surface area contributed by atoms with Crippen molar-refractivity contribution in [1.29, 1.82) is 0 Å². The van der Waals surface area contributed by atoms with Crippen molar-refractivity contribution in [3.05, 3.63) is 101 Å². The first-order valence-electron chi connectivity index (χ1n) is 13.0. The van der Waals surface area contributed by atoms with Crippen LogP contribution in [0.3, 0.4) is 0 Å². The Morgan fingerprint density at radius 2 is 1.56 bits per heavy atom. The van der Waals surface area contributed by atoms with Crippen molar-refractivity contribution in [3.8, 4) is 5.75 Å². The maximum atomic E-state index is 5.95. The van der Waals surface area contributed by atoms with Gasteiger partial charge in [0, 0.05) is 0 Å². The molecule has 0 aliphatic heterocycles. The minimum absolute atomic E-state index is 0.464. The molecule has 188 valence electrons. The largest absolute Gasteiger partial charge is 0.489 e. The minimum Gasteiger partial charge on any atom is -0.489 e. The summed E-state index contributed by atoms with van der Waals surface area (Å²) in [5.74, 6) is 1.97. The summed E-state index contributed by atoms with van der Waals surface area (Å²) in [5.41, 5.74) is 6.57. The van der Waals surface area contributed by atoms with Crippen LogP contribution in [0.2, 0.25) is 0 Å². The number of rotatable bonds is 13. The summed E-state index contributed by atoms with van der Waals surface area (Å²) in [6.45, 7) is 23.8. The lowest BCUT2D eigenvalue weighted by atomic mass is 9.98. The highest BCUT2D eigenvalue weighted by molar-refractivity contribution is 5.36. The van der Waals surface area contributed by atoms with E-state index in [1.807, 2.05) is 19.9 Å². The maximum Gasteiger partial charge on any atom is 0.119 e. The van der Waals surface area contributed by atoms with E-state index >= 15 is 0 Å². The molecule has 0 saturated carbocycles. The number of aryl methyl sites for hydroxylation is 1. The summed E-state index contributed by atoms with van der Waals surface area (Å²) < 4.78 is 5.95. The molecule has 0 saturated heterocycles. The lowest BCUT2D eigenvalue weighted by Crippen LogP contribution is -1.98. The highest BCUT2D eigenvalue weighted by atomic mass is 16.5. The zero-order chi connectivity index (χ0) is 25.9. The molecule has 0 fully saturated rings. The first kappa shape index (κ1) is 31.5. The van der Waals surface area contributed by atoms with Gasteiger partial charge in [-0.2, -0.15) is 0 Å². The van der Waals surface area contributed by atoms with E-state index in [1.165, 1.54) is 27.9 Å². The fourth-order valence-electron chi connectivity index (χ4n) is 3.09. The molecule has 1 atom stereocenters. The van der Waals surface area contributed by atoms with Crippen LogP contribution in [0.5, 0.6) is 5.75 Å². The molecule has 0 amide bonds. The Hall–Kier alpha value is -2.54. The van der Waals surface area contributed by atoms with Crippen molar-refractivity contribution >= 4 is 0 Å². The van der Waals surface area contributed by atoms with Crippen molar-refractivity contribution in [3.63, 3.8) is 0 Å². The molecule has 1 nitrogen and oxygen atoms in total. The molecule has 1 rings (SSSR count). The number of hydrogen-bond acceptors (Lipinski definition) is 1. The van der Waals surface area contributed by atoms with Crippen LogP contribution in [0.15, 0.2) is 95.7 Å². The van der Waals surface area contributed by atoms with Crippen molar-refractivity contribution in [2.75, 3.05) is 6.61 Å². The van der Waals surface area contributed by atoms with Crippen LogP contribution in [0, 0.1) is 11.8 Å². The first-order valence-corrected chi connectivity index (χ1v) is 13.0. The Morgan fingerprint density at radius 3 is 2.12 bits per heavy atom. The van der Waals surface area contributed by atoms with Gasteiger partial charge in [-0.1, -0.05) is 102 Å². The Kier molecular flexibility index (Phi) is 17.4. The first-order chi connectivity index (χ1) is 16.3. The fraction of sp³-hybridized carbons (Fsp3) is 0.455. The van der Waals surface area contributed by atoms with Gasteiger partial charge in [0.05, 0.1) is 0 Å². The fourth-order valence-corrected chi connectivity index (χ4v) is 3.09. The molecule has 0 N–H and O–H groups in total. The minimum atomic E-state index is 0.464. The summed E-state index contributed by atoms with van der Waals surface area (Å²) in [4.78, 5) is 0. The van der Waals surface area contributed by atoms with Gasteiger partial charge in [-0.15, -0.1) is 6.58 Å². The second kappa shape index (κ2) is 18.8. The van der Waals surface area contributed by atoms with Gasteiger partial charge in [0.2, 0.25) is 0 Å². The monoisotopic (exact) mass is 462 g/mol. The van der Waals surface area contributed by atoms with Crippen LogP contribution in [0.4, 0.5) is 0 Å². The third kappa shape index (κ3) is 13.9. The summed E-state index contributed by atoms with van der Waals surface area (Å²) in [6, 6.07) is 8.38. The van der Waals surface area contributed by atoms with Crippen LogP contribution >= 0.6 is 0 Å². The van der Waals surface area contributed by atoms with Gasteiger partial charge in [0.1, 0.15) is 12.4 Å². The molecule has 0 aliphatic carbocycles.